The molecule has 136 valence electrons. The van der Waals surface area contributed by atoms with Gasteiger partial charge in [0, 0.05) is 11.3 Å². The summed E-state index contributed by atoms with van der Waals surface area (Å²) >= 11 is 0. The fourth-order valence-electron chi connectivity index (χ4n) is 6.21. The fourth-order valence-corrected chi connectivity index (χ4v) is 6.21. The van der Waals surface area contributed by atoms with Crippen molar-refractivity contribution in [3.8, 4) is 0 Å². The van der Waals surface area contributed by atoms with Crippen LogP contribution in [0.25, 0.3) is 0 Å². The standard InChI is InChI=1S/C19H31NO4/c1-4-12(10-21)20-9-13-15-14(23-17(13)22)8-18(3)7-5-6-11(2)19(18)16(15)24-19/h11-16,20-21H,4-10H2,1-3H3/p+1/t11-,12-,13+,14+,15+,16-,18+,19-/m0/s1. The number of rotatable bonds is 5. The second-order valence-corrected chi connectivity index (χ2v) is 8.87. The van der Waals surface area contributed by atoms with Crippen LogP contribution < -0.4 is 5.32 Å². The number of nitrogens with two attached hydrogens (primary N) is 1. The highest BCUT2D eigenvalue weighted by Gasteiger charge is 2.78. The Morgan fingerprint density at radius 1 is 1.46 bits per heavy atom. The molecule has 4 rings (SSSR count). The number of aliphatic hydroxyl groups is 1. The number of esters is 1. The van der Waals surface area contributed by atoms with Crippen LogP contribution in [0.4, 0.5) is 0 Å². The third kappa shape index (κ3) is 2.14. The van der Waals surface area contributed by atoms with Crippen molar-refractivity contribution in [3.05, 3.63) is 0 Å². The van der Waals surface area contributed by atoms with Gasteiger partial charge in [0.05, 0.1) is 19.3 Å². The quantitative estimate of drug-likeness (QED) is 0.575. The first kappa shape index (κ1) is 16.8. The molecule has 3 N–H and O–H groups in total. The van der Waals surface area contributed by atoms with Gasteiger partial charge in [0.25, 0.3) is 0 Å². The lowest BCUT2D eigenvalue weighted by molar-refractivity contribution is -0.695. The van der Waals surface area contributed by atoms with E-state index in [9.17, 15) is 9.90 Å². The SMILES string of the molecule is CC[C@@H](CO)[NH2+]C[C@H]1C(=O)O[C@@H]2C[C@@]3(C)CCC[C@H](C)[C@@]34O[C@H]4[C@@H]21. The van der Waals surface area contributed by atoms with Crippen LogP contribution in [0.15, 0.2) is 0 Å². The maximum Gasteiger partial charge on any atom is 0.315 e. The lowest BCUT2D eigenvalue weighted by Gasteiger charge is -2.48. The zero-order valence-corrected chi connectivity index (χ0v) is 15.2. The van der Waals surface area contributed by atoms with Crippen LogP contribution in [-0.4, -0.2) is 48.1 Å². The Morgan fingerprint density at radius 3 is 2.96 bits per heavy atom. The average Bonchev–Trinajstić information content (AvgIpc) is 3.23. The molecule has 0 aromatic heterocycles. The molecule has 2 heterocycles. The van der Waals surface area contributed by atoms with Crippen LogP contribution in [0.1, 0.15) is 52.9 Å². The van der Waals surface area contributed by atoms with E-state index in [0.29, 0.717) is 12.5 Å². The van der Waals surface area contributed by atoms with Gasteiger partial charge in [-0.2, -0.15) is 0 Å². The summed E-state index contributed by atoms with van der Waals surface area (Å²) in [5.74, 6) is 0.648. The molecule has 0 aromatic carbocycles. The van der Waals surface area contributed by atoms with E-state index in [0.717, 1.165) is 12.8 Å². The van der Waals surface area contributed by atoms with Crippen LogP contribution in [0.5, 0.6) is 0 Å². The van der Waals surface area contributed by atoms with Gasteiger partial charge in [0.15, 0.2) is 0 Å². The van der Waals surface area contributed by atoms with Gasteiger partial charge in [-0.05, 0) is 31.6 Å². The van der Waals surface area contributed by atoms with Gasteiger partial charge in [-0.25, -0.2) is 0 Å². The molecule has 8 atom stereocenters. The minimum absolute atomic E-state index is 0.0141. The second kappa shape index (κ2) is 5.68. The second-order valence-electron chi connectivity index (χ2n) is 8.87. The van der Waals surface area contributed by atoms with E-state index >= 15 is 0 Å². The summed E-state index contributed by atoms with van der Waals surface area (Å²) in [5.41, 5.74) is 0.145. The number of hydrogen-bond donors (Lipinski definition) is 2. The van der Waals surface area contributed by atoms with Crippen molar-refractivity contribution < 1.29 is 24.7 Å². The fraction of sp³-hybridized carbons (Fsp3) is 0.947. The summed E-state index contributed by atoms with van der Waals surface area (Å²) in [4.78, 5) is 12.5. The molecule has 2 aliphatic heterocycles. The molecule has 0 bridgehead atoms. The first-order chi connectivity index (χ1) is 11.5. The Hall–Kier alpha value is -0.650. The number of fused-ring (bicyclic) bond motifs is 2. The topological polar surface area (TPSA) is 75.7 Å². The van der Waals surface area contributed by atoms with Gasteiger partial charge < -0.3 is 19.9 Å². The van der Waals surface area contributed by atoms with Gasteiger partial charge in [0.2, 0.25) is 0 Å². The minimum atomic E-state index is -0.0846. The molecule has 0 radical (unpaired) electrons. The zero-order valence-electron chi connectivity index (χ0n) is 15.2. The van der Waals surface area contributed by atoms with E-state index in [1.807, 2.05) is 0 Å². The van der Waals surface area contributed by atoms with Crippen molar-refractivity contribution in [2.24, 2.45) is 23.2 Å². The first-order valence-electron chi connectivity index (χ1n) is 9.79. The molecule has 2 saturated carbocycles. The lowest BCUT2D eigenvalue weighted by atomic mass is 9.53. The summed E-state index contributed by atoms with van der Waals surface area (Å²) in [6, 6.07) is 0.174. The van der Waals surface area contributed by atoms with Crippen molar-refractivity contribution in [3.63, 3.8) is 0 Å². The normalized spacial score (nSPS) is 50.5. The van der Waals surface area contributed by atoms with Crippen LogP contribution in [-0.2, 0) is 14.3 Å². The van der Waals surface area contributed by atoms with Gasteiger partial charge in [-0.1, -0.05) is 27.2 Å². The Kier molecular flexibility index (Phi) is 3.98. The van der Waals surface area contributed by atoms with Gasteiger partial charge in [-0.15, -0.1) is 0 Å². The van der Waals surface area contributed by atoms with E-state index < -0.39 is 0 Å². The van der Waals surface area contributed by atoms with Crippen molar-refractivity contribution in [1.29, 1.82) is 0 Å². The maximum atomic E-state index is 12.5. The Bertz CT molecular complexity index is 521. The van der Waals surface area contributed by atoms with Gasteiger partial charge in [-0.3, -0.25) is 4.79 Å². The summed E-state index contributed by atoms with van der Waals surface area (Å²) < 4.78 is 12.3. The summed E-state index contributed by atoms with van der Waals surface area (Å²) in [6.45, 7) is 7.62. The predicted octanol–water partition coefficient (Wildman–Crippen LogP) is 0.846. The van der Waals surface area contributed by atoms with Crippen LogP contribution >= 0.6 is 0 Å². The number of quaternary nitrogens is 1. The molecule has 1 spiro atoms. The van der Waals surface area contributed by atoms with Crippen LogP contribution in [0.3, 0.4) is 0 Å². The van der Waals surface area contributed by atoms with Crippen molar-refractivity contribution in [2.75, 3.05) is 13.2 Å². The molecule has 5 heteroatoms. The highest BCUT2D eigenvalue weighted by Crippen LogP contribution is 2.70. The molecular weight excluding hydrogens is 306 g/mol. The molecule has 24 heavy (non-hydrogen) atoms. The van der Waals surface area contributed by atoms with Crippen molar-refractivity contribution >= 4 is 5.97 Å². The molecule has 0 aromatic rings. The molecule has 5 nitrogen and oxygen atoms in total. The molecule has 4 fully saturated rings. The number of epoxide rings is 1. The molecule has 0 unspecified atom stereocenters. The molecule has 4 aliphatic rings. The van der Waals surface area contributed by atoms with Gasteiger partial charge in [0.1, 0.15) is 23.7 Å². The zero-order chi connectivity index (χ0) is 17.1. The first-order valence-corrected chi connectivity index (χ1v) is 9.79. The summed E-state index contributed by atoms with van der Waals surface area (Å²) in [5, 5.41) is 11.5. The van der Waals surface area contributed by atoms with Crippen molar-refractivity contribution in [2.45, 2.75) is 76.7 Å². The maximum absolute atomic E-state index is 12.5. The van der Waals surface area contributed by atoms with Crippen molar-refractivity contribution in [1.82, 2.24) is 0 Å². The van der Waals surface area contributed by atoms with Gasteiger partial charge >= 0.3 is 5.97 Å². The predicted molar refractivity (Wildman–Crippen MR) is 88.2 cm³/mol. The molecule has 2 aliphatic carbocycles. The van der Waals surface area contributed by atoms with Crippen LogP contribution in [0.2, 0.25) is 0 Å². The van der Waals surface area contributed by atoms with E-state index in [1.165, 1.54) is 19.3 Å². The summed E-state index contributed by atoms with van der Waals surface area (Å²) in [7, 11) is 0. The Balaban J connectivity index is 1.54. The molecule has 0 amide bonds. The Morgan fingerprint density at radius 2 is 2.25 bits per heavy atom. The molecular formula is C19H32NO4+. The number of hydrogen-bond acceptors (Lipinski definition) is 4. The number of carbonyl (C=O) groups is 1. The van der Waals surface area contributed by atoms with E-state index in [-0.39, 0.29) is 53.7 Å². The van der Waals surface area contributed by atoms with Crippen LogP contribution in [0, 0.1) is 23.2 Å². The number of ether oxygens (including phenoxy) is 2. The average molecular weight is 338 g/mol. The largest absolute Gasteiger partial charge is 0.462 e. The number of aliphatic hydroxyl groups excluding tert-OH is 1. The molecule has 2 saturated heterocycles. The monoisotopic (exact) mass is 338 g/mol. The summed E-state index contributed by atoms with van der Waals surface area (Å²) in [6.07, 6.45) is 5.76. The minimum Gasteiger partial charge on any atom is -0.462 e. The van der Waals surface area contributed by atoms with E-state index in [4.69, 9.17) is 9.47 Å². The smallest absolute Gasteiger partial charge is 0.315 e. The van der Waals surface area contributed by atoms with E-state index in [1.54, 1.807) is 0 Å². The number of carbonyl (C=O) groups excluding carboxylic acids is 1. The van der Waals surface area contributed by atoms with E-state index in [2.05, 4.69) is 26.1 Å². The Labute approximate surface area is 144 Å². The third-order valence-corrected chi connectivity index (χ3v) is 7.68. The highest BCUT2D eigenvalue weighted by atomic mass is 16.6. The highest BCUT2D eigenvalue weighted by molar-refractivity contribution is 5.76. The lowest BCUT2D eigenvalue weighted by Crippen LogP contribution is -2.92. The third-order valence-electron chi connectivity index (χ3n) is 7.68.